The number of rotatable bonds is 7. The van der Waals surface area contributed by atoms with Gasteiger partial charge in [0, 0.05) is 24.7 Å². The summed E-state index contributed by atoms with van der Waals surface area (Å²) >= 11 is 0. The molecule has 1 atom stereocenters. The quantitative estimate of drug-likeness (QED) is 0.786. The third kappa shape index (κ3) is 5.28. The zero-order valence-corrected chi connectivity index (χ0v) is 16.9. The van der Waals surface area contributed by atoms with Gasteiger partial charge in [-0.2, -0.15) is 4.31 Å². The first kappa shape index (κ1) is 20.9. The Kier molecular flexibility index (Phi) is 7.20. The van der Waals surface area contributed by atoms with E-state index in [1.165, 1.54) is 10.4 Å². The third-order valence-electron chi connectivity index (χ3n) is 4.59. The van der Waals surface area contributed by atoms with Crippen molar-refractivity contribution in [3.05, 3.63) is 29.3 Å². The first-order valence-electron chi connectivity index (χ1n) is 9.21. The Balaban J connectivity index is 2.17. The van der Waals surface area contributed by atoms with E-state index in [0.717, 1.165) is 12.8 Å². The van der Waals surface area contributed by atoms with E-state index in [4.69, 9.17) is 4.74 Å². The van der Waals surface area contributed by atoms with Crippen LogP contribution in [-0.2, 0) is 14.8 Å². The van der Waals surface area contributed by atoms with E-state index in [1.807, 2.05) is 6.92 Å². The Bertz CT molecular complexity index is 725. The lowest BCUT2D eigenvalue weighted by Crippen LogP contribution is -2.41. The van der Waals surface area contributed by atoms with Gasteiger partial charge in [-0.3, -0.25) is 4.79 Å². The second kappa shape index (κ2) is 8.97. The van der Waals surface area contributed by atoms with Crippen LogP contribution in [0, 0.1) is 12.8 Å². The highest BCUT2D eigenvalue weighted by molar-refractivity contribution is 7.89. The van der Waals surface area contributed by atoms with Gasteiger partial charge in [0.2, 0.25) is 10.0 Å². The Hall–Kier alpha value is -1.44. The summed E-state index contributed by atoms with van der Waals surface area (Å²) < 4.78 is 32.5. The van der Waals surface area contributed by atoms with E-state index < -0.39 is 10.0 Å². The number of ether oxygens (including phenoxy) is 1. The van der Waals surface area contributed by atoms with Crippen LogP contribution in [-0.4, -0.2) is 51.0 Å². The summed E-state index contributed by atoms with van der Waals surface area (Å²) in [6.45, 7) is 9.49. The van der Waals surface area contributed by atoms with Gasteiger partial charge in [-0.05, 0) is 50.3 Å². The molecule has 7 heteroatoms. The lowest BCUT2D eigenvalue weighted by atomic mass is 10.0. The van der Waals surface area contributed by atoms with Crippen molar-refractivity contribution in [2.24, 2.45) is 5.92 Å². The Morgan fingerprint density at radius 1 is 1.19 bits per heavy atom. The van der Waals surface area contributed by atoms with Gasteiger partial charge in [-0.25, -0.2) is 8.42 Å². The standard InChI is InChI=1S/C19H30N2O4S/c1-14(2)5-7-16(4)20-19(22)17-8-6-15(3)18(13-17)26(23,24)21-9-11-25-12-10-21/h6,8,13-14,16H,5,7,9-12H2,1-4H3,(H,20,22)/t16-/m0/s1. The van der Waals surface area contributed by atoms with Crippen LogP contribution in [0.4, 0.5) is 0 Å². The molecule has 1 aliphatic heterocycles. The molecule has 1 fully saturated rings. The molecule has 1 aliphatic rings. The highest BCUT2D eigenvalue weighted by Crippen LogP contribution is 2.22. The number of hydrogen-bond acceptors (Lipinski definition) is 4. The van der Waals surface area contributed by atoms with Crippen LogP contribution in [0.15, 0.2) is 23.1 Å². The summed E-state index contributed by atoms with van der Waals surface area (Å²) in [5, 5.41) is 2.96. The topological polar surface area (TPSA) is 75.7 Å². The van der Waals surface area contributed by atoms with Crippen molar-refractivity contribution in [2.45, 2.75) is 51.5 Å². The minimum absolute atomic E-state index is 0.0468. The number of carbonyl (C=O) groups excluding carboxylic acids is 1. The summed E-state index contributed by atoms with van der Waals surface area (Å²) in [6.07, 6.45) is 1.93. The minimum Gasteiger partial charge on any atom is -0.379 e. The van der Waals surface area contributed by atoms with Crippen molar-refractivity contribution < 1.29 is 17.9 Å². The van der Waals surface area contributed by atoms with E-state index in [-0.39, 0.29) is 16.8 Å². The first-order chi connectivity index (χ1) is 12.2. The van der Waals surface area contributed by atoms with Crippen molar-refractivity contribution in [3.8, 4) is 0 Å². The molecule has 1 amide bonds. The smallest absolute Gasteiger partial charge is 0.251 e. The maximum Gasteiger partial charge on any atom is 0.251 e. The number of benzene rings is 1. The zero-order chi connectivity index (χ0) is 19.3. The second-order valence-corrected chi connectivity index (χ2v) is 9.25. The third-order valence-corrected chi connectivity index (χ3v) is 6.63. The van der Waals surface area contributed by atoms with Gasteiger partial charge in [0.25, 0.3) is 5.91 Å². The lowest BCUT2D eigenvalue weighted by molar-refractivity contribution is 0.0730. The van der Waals surface area contributed by atoms with Crippen LogP contribution in [0.3, 0.4) is 0 Å². The second-order valence-electron chi connectivity index (χ2n) is 7.34. The number of sulfonamides is 1. The summed E-state index contributed by atoms with van der Waals surface area (Å²) in [4.78, 5) is 12.7. The van der Waals surface area contributed by atoms with Crippen molar-refractivity contribution in [1.82, 2.24) is 9.62 Å². The molecule has 1 saturated heterocycles. The summed E-state index contributed by atoms with van der Waals surface area (Å²) in [5.41, 5.74) is 1.01. The average Bonchev–Trinajstić information content (AvgIpc) is 2.60. The molecule has 1 aromatic rings. The van der Waals surface area contributed by atoms with Gasteiger partial charge in [-0.1, -0.05) is 19.9 Å². The molecular formula is C19H30N2O4S. The molecule has 0 saturated carbocycles. The van der Waals surface area contributed by atoms with Crippen molar-refractivity contribution >= 4 is 15.9 Å². The van der Waals surface area contributed by atoms with Crippen LogP contribution >= 0.6 is 0 Å². The van der Waals surface area contributed by atoms with Gasteiger partial charge < -0.3 is 10.1 Å². The minimum atomic E-state index is -3.63. The molecule has 1 N–H and O–H groups in total. The predicted octanol–water partition coefficient (Wildman–Crippen LogP) is 2.57. The molecule has 0 bridgehead atoms. The van der Waals surface area contributed by atoms with Crippen molar-refractivity contribution in [3.63, 3.8) is 0 Å². The molecule has 1 aromatic carbocycles. The molecule has 0 radical (unpaired) electrons. The van der Waals surface area contributed by atoms with Crippen LogP contribution in [0.2, 0.25) is 0 Å². The molecular weight excluding hydrogens is 352 g/mol. The van der Waals surface area contributed by atoms with Crippen LogP contribution in [0.5, 0.6) is 0 Å². The summed E-state index contributed by atoms with van der Waals surface area (Å²) in [5.74, 6) is 0.346. The number of nitrogens with zero attached hydrogens (tertiary/aromatic N) is 1. The van der Waals surface area contributed by atoms with Crippen LogP contribution in [0.1, 0.15) is 49.5 Å². The van der Waals surface area contributed by atoms with Crippen molar-refractivity contribution in [2.75, 3.05) is 26.3 Å². The molecule has 0 aliphatic carbocycles. The maximum atomic E-state index is 12.9. The van der Waals surface area contributed by atoms with Crippen LogP contribution < -0.4 is 5.32 Å². The Morgan fingerprint density at radius 2 is 1.85 bits per heavy atom. The molecule has 26 heavy (non-hydrogen) atoms. The number of carbonyl (C=O) groups is 1. The van der Waals surface area contributed by atoms with E-state index in [2.05, 4.69) is 19.2 Å². The summed E-state index contributed by atoms with van der Waals surface area (Å²) in [6, 6.07) is 4.91. The fourth-order valence-corrected chi connectivity index (χ4v) is 4.57. The van der Waals surface area contributed by atoms with Gasteiger partial charge in [0.15, 0.2) is 0 Å². The number of nitrogens with one attached hydrogen (secondary N) is 1. The molecule has 2 rings (SSSR count). The van der Waals surface area contributed by atoms with Gasteiger partial charge in [0.1, 0.15) is 0 Å². The maximum absolute atomic E-state index is 12.9. The van der Waals surface area contributed by atoms with Gasteiger partial charge >= 0.3 is 0 Å². The monoisotopic (exact) mass is 382 g/mol. The number of hydrogen-bond donors (Lipinski definition) is 1. The lowest BCUT2D eigenvalue weighted by Gasteiger charge is -2.27. The van der Waals surface area contributed by atoms with E-state index in [1.54, 1.807) is 19.1 Å². The number of morpholine rings is 1. The predicted molar refractivity (Wildman–Crippen MR) is 102 cm³/mol. The zero-order valence-electron chi connectivity index (χ0n) is 16.1. The average molecular weight is 383 g/mol. The molecule has 1 heterocycles. The normalized spacial score (nSPS) is 17.3. The largest absolute Gasteiger partial charge is 0.379 e. The first-order valence-corrected chi connectivity index (χ1v) is 10.6. The van der Waals surface area contributed by atoms with Crippen molar-refractivity contribution in [1.29, 1.82) is 0 Å². The van der Waals surface area contributed by atoms with E-state index in [0.29, 0.717) is 43.3 Å². The molecule has 146 valence electrons. The Morgan fingerprint density at radius 3 is 2.46 bits per heavy atom. The molecule has 6 nitrogen and oxygen atoms in total. The van der Waals surface area contributed by atoms with Gasteiger partial charge in [0.05, 0.1) is 18.1 Å². The number of aryl methyl sites for hydroxylation is 1. The SMILES string of the molecule is Cc1ccc(C(=O)N[C@@H](C)CCC(C)C)cc1S(=O)(=O)N1CCOCC1. The fourth-order valence-electron chi connectivity index (χ4n) is 2.91. The van der Waals surface area contributed by atoms with Gasteiger partial charge in [-0.15, -0.1) is 0 Å². The fraction of sp³-hybridized carbons (Fsp3) is 0.632. The molecule has 0 spiro atoms. The summed E-state index contributed by atoms with van der Waals surface area (Å²) in [7, 11) is -3.63. The number of amides is 1. The van der Waals surface area contributed by atoms with Crippen LogP contribution in [0.25, 0.3) is 0 Å². The highest BCUT2D eigenvalue weighted by atomic mass is 32.2. The molecule has 0 aromatic heterocycles. The highest BCUT2D eigenvalue weighted by Gasteiger charge is 2.28. The van der Waals surface area contributed by atoms with E-state index >= 15 is 0 Å². The molecule has 0 unspecified atom stereocenters. The van der Waals surface area contributed by atoms with E-state index in [9.17, 15) is 13.2 Å². The Labute approximate surface area is 157 Å².